The summed E-state index contributed by atoms with van der Waals surface area (Å²) in [5.41, 5.74) is 2.95. The van der Waals surface area contributed by atoms with Gasteiger partial charge in [-0.3, -0.25) is 9.59 Å². The zero-order valence-electron chi connectivity index (χ0n) is 17.4. The third-order valence-electron chi connectivity index (χ3n) is 6.31. The maximum Gasteiger partial charge on any atom is 0.230 e. The van der Waals surface area contributed by atoms with E-state index in [1.165, 1.54) is 11.1 Å². The molecule has 29 heavy (non-hydrogen) atoms. The molecule has 1 aliphatic carbocycles. The number of amides is 2. The maximum atomic E-state index is 13.4. The van der Waals surface area contributed by atoms with Crippen LogP contribution in [0.4, 0.5) is 0 Å². The zero-order valence-corrected chi connectivity index (χ0v) is 17.4. The third-order valence-corrected chi connectivity index (χ3v) is 6.31. The molecular formula is C25H30N2O2. The minimum absolute atomic E-state index is 0.133. The van der Waals surface area contributed by atoms with Crippen LogP contribution < -0.4 is 0 Å². The maximum absolute atomic E-state index is 13.4. The SMILES string of the molecule is CN(C)C(=O)C1(Cc2ccccc2-c2ccccc2)CCCN(C(=O)C2CC2)C1. The molecule has 2 aromatic carbocycles. The first-order chi connectivity index (χ1) is 14.0. The summed E-state index contributed by atoms with van der Waals surface area (Å²) in [4.78, 5) is 29.9. The minimum Gasteiger partial charge on any atom is -0.348 e. The van der Waals surface area contributed by atoms with Crippen LogP contribution in [0, 0.1) is 11.3 Å². The van der Waals surface area contributed by atoms with E-state index in [4.69, 9.17) is 0 Å². The van der Waals surface area contributed by atoms with E-state index >= 15 is 0 Å². The van der Waals surface area contributed by atoms with E-state index in [2.05, 4.69) is 30.3 Å². The van der Waals surface area contributed by atoms with Crippen LogP contribution >= 0.6 is 0 Å². The molecule has 0 aromatic heterocycles. The van der Waals surface area contributed by atoms with Crippen LogP contribution in [0.25, 0.3) is 11.1 Å². The lowest BCUT2D eigenvalue weighted by Crippen LogP contribution is -2.54. The van der Waals surface area contributed by atoms with Crippen molar-refractivity contribution in [2.75, 3.05) is 27.2 Å². The Kier molecular flexibility index (Phi) is 5.44. The van der Waals surface area contributed by atoms with Crippen molar-refractivity contribution >= 4 is 11.8 Å². The highest BCUT2D eigenvalue weighted by atomic mass is 16.2. The number of hydrogen-bond donors (Lipinski definition) is 0. The third kappa shape index (κ3) is 4.07. The molecule has 1 saturated carbocycles. The van der Waals surface area contributed by atoms with Gasteiger partial charge in [0.2, 0.25) is 11.8 Å². The molecule has 4 heteroatoms. The number of rotatable bonds is 5. The monoisotopic (exact) mass is 390 g/mol. The second-order valence-electron chi connectivity index (χ2n) is 8.82. The van der Waals surface area contributed by atoms with Gasteiger partial charge in [-0.05, 0) is 48.8 Å². The molecule has 152 valence electrons. The summed E-state index contributed by atoms with van der Waals surface area (Å²) in [5, 5.41) is 0. The standard InChI is InChI=1S/C25H30N2O2/c1-26(2)24(29)25(15-8-16-27(18-25)23(28)20-13-14-20)17-21-11-6-7-12-22(21)19-9-4-3-5-10-19/h3-7,9-12,20H,8,13-18H2,1-2H3. The predicted molar refractivity (Wildman–Crippen MR) is 115 cm³/mol. The molecule has 1 atom stereocenters. The van der Waals surface area contributed by atoms with Crippen molar-refractivity contribution in [1.82, 2.24) is 9.80 Å². The molecule has 2 amide bonds. The molecule has 1 heterocycles. The van der Waals surface area contributed by atoms with Crippen LogP contribution in [-0.4, -0.2) is 48.8 Å². The molecule has 0 spiro atoms. The van der Waals surface area contributed by atoms with E-state index in [1.54, 1.807) is 4.90 Å². The van der Waals surface area contributed by atoms with Gasteiger partial charge in [0.15, 0.2) is 0 Å². The Morgan fingerprint density at radius 2 is 1.72 bits per heavy atom. The Bertz CT molecular complexity index is 889. The highest BCUT2D eigenvalue weighted by Crippen LogP contribution is 2.40. The Labute approximate surface area is 173 Å². The number of hydrogen-bond acceptors (Lipinski definition) is 2. The van der Waals surface area contributed by atoms with Crippen LogP contribution in [-0.2, 0) is 16.0 Å². The molecule has 2 aliphatic rings. The highest BCUT2D eigenvalue weighted by molar-refractivity contribution is 5.86. The molecule has 1 aliphatic heterocycles. The van der Waals surface area contributed by atoms with E-state index in [0.29, 0.717) is 13.0 Å². The molecule has 2 aromatic rings. The molecule has 0 radical (unpaired) electrons. The first-order valence-electron chi connectivity index (χ1n) is 10.6. The fourth-order valence-corrected chi connectivity index (χ4v) is 4.72. The number of benzene rings is 2. The van der Waals surface area contributed by atoms with Crippen LogP contribution in [0.15, 0.2) is 54.6 Å². The molecule has 0 bridgehead atoms. The van der Waals surface area contributed by atoms with Gasteiger partial charge in [-0.25, -0.2) is 0 Å². The van der Waals surface area contributed by atoms with Crippen LogP contribution in [0.2, 0.25) is 0 Å². The molecule has 1 unspecified atom stereocenters. The van der Waals surface area contributed by atoms with Crippen molar-refractivity contribution < 1.29 is 9.59 Å². The summed E-state index contributed by atoms with van der Waals surface area (Å²) in [6.45, 7) is 1.31. The molecule has 4 nitrogen and oxygen atoms in total. The lowest BCUT2D eigenvalue weighted by atomic mass is 9.72. The topological polar surface area (TPSA) is 40.6 Å². The number of piperidine rings is 1. The van der Waals surface area contributed by atoms with Crippen LogP contribution in [0.1, 0.15) is 31.2 Å². The number of carbonyl (C=O) groups excluding carboxylic acids is 2. The van der Waals surface area contributed by atoms with Crippen LogP contribution in [0.5, 0.6) is 0 Å². The van der Waals surface area contributed by atoms with E-state index in [1.807, 2.05) is 43.3 Å². The Morgan fingerprint density at radius 3 is 2.41 bits per heavy atom. The number of nitrogens with zero attached hydrogens (tertiary/aromatic N) is 2. The fraction of sp³-hybridized carbons (Fsp3) is 0.440. The summed E-state index contributed by atoms with van der Waals surface area (Å²) < 4.78 is 0. The van der Waals surface area contributed by atoms with Gasteiger partial charge in [0.25, 0.3) is 0 Å². The minimum atomic E-state index is -0.558. The smallest absolute Gasteiger partial charge is 0.230 e. The summed E-state index contributed by atoms with van der Waals surface area (Å²) in [7, 11) is 3.66. The summed E-state index contributed by atoms with van der Waals surface area (Å²) in [6, 6.07) is 18.7. The first-order valence-corrected chi connectivity index (χ1v) is 10.6. The second kappa shape index (κ2) is 8.02. The van der Waals surface area contributed by atoms with Gasteiger partial charge in [0.05, 0.1) is 5.41 Å². The van der Waals surface area contributed by atoms with Crippen molar-refractivity contribution in [2.45, 2.75) is 32.1 Å². The van der Waals surface area contributed by atoms with Gasteiger partial charge in [-0.15, -0.1) is 0 Å². The summed E-state index contributed by atoms with van der Waals surface area (Å²) in [6.07, 6.45) is 4.36. The Hall–Kier alpha value is -2.62. The molecule has 0 N–H and O–H groups in total. The quantitative estimate of drug-likeness (QED) is 0.774. The fourth-order valence-electron chi connectivity index (χ4n) is 4.72. The lowest BCUT2D eigenvalue weighted by Gasteiger charge is -2.43. The molecular weight excluding hydrogens is 360 g/mol. The van der Waals surface area contributed by atoms with E-state index < -0.39 is 5.41 Å². The Balaban J connectivity index is 1.69. The Morgan fingerprint density at radius 1 is 1.03 bits per heavy atom. The largest absolute Gasteiger partial charge is 0.348 e. The van der Waals surface area contributed by atoms with E-state index in [9.17, 15) is 9.59 Å². The molecule has 1 saturated heterocycles. The normalized spacial score (nSPS) is 21.7. The average Bonchev–Trinajstić information content (AvgIpc) is 3.59. The second-order valence-corrected chi connectivity index (χ2v) is 8.82. The lowest BCUT2D eigenvalue weighted by molar-refractivity contribution is -0.147. The predicted octanol–water partition coefficient (Wildman–Crippen LogP) is 4.00. The number of carbonyl (C=O) groups is 2. The van der Waals surface area contributed by atoms with Crippen molar-refractivity contribution in [2.24, 2.45) is 11.3 Å². The summed E-state index contributed by atoms with van der Waals surface area (Å²) in [5.74, 6) is 0.572. The van der Waals surface area contributed by atoms with Gasteiger partial charge in [0.1, 0.15) is 0 Å². The van der Waals surface area contributed by atoms with Crippen molar-refractivity contribution in [3.8, 4) is 11.1 Å². The molecule has 2 fully saturated rings. The van der Waals surface area contributed by atoms with Crippen molar-refractivity contribution in [3.63, 3.8) is 0 Å². The van der Waals surface area contributed by atoms with E-state index in [-0.39, 0.29) is 17.7 Å². The van der Waals surface area contributed by atoms with Gasteiger partial charge < -0.3 is 9.80 Å². The zero-order chi connectivity index (χ0) is 20.4. The van der Waals surface area contributed by atoms with Gasteiger partial charge in [-0.2, -0.15) is 0 Å². The van der Waals surface area contributed by atoms with Crippen molar-refractivity contribution in [3.05, 3.63) is 60.2 Å². The van der Waals surface area contributed by atoms with Gasteiger partial charge in [-0.1, -0.05) is 54.6 Å². The highest BCUT2D eigenvalue weighted by Gasteiger charge is 2.46. The molecule has 4 rings (SSSR count). The van der Waals surface area contributed by atoms with Crippen LogP contribution in [0.3, 0.4) is 0 Å². The number of likely N-dealkylation sites (tertiary alicyclic amines) is 1. The average molecular weight is 391 g/mol. The van der Waals surface area contributed by atoms with Gasteiger partial charge in [0, 0.05) is 33.1 Å². The van der Waals surface area contributed by atoms with E-state index in [0.717, 1.165) is 37.8 Å². The summed E-state index contributed by atoms with van der Waals surface area (Å²) >= 11 is 0. The van der Waals surface area contributed by atoms with Gasteiger partial charge >= 0.3 is 0 Å². The van der Waals surface area contributed by atoms with Crippen molar-refractivity contribution in [1.29, 1.82) is 0 Å². The first kappa shape index (κ1) is 19.7.